The van der Waals surface area contributed by atoms with E-state index in [2.05, 4.69) is 4.74 Å². The fourth-order valence-corrected chi connectivity index (χ4v) is 2.68. The maximum Gasteiger partial charge on any atom is 0.337 e. The molecule has 0 aliphatic carbocycles. The second kappa shape index (κ2) is 7.94. The predicted molar refractivity (Wildman–Crippen MR) is 82.7 cm³/mol. The minimum absolute atomic E-state index is 0.187. The van der Waals surface area contributed by atoms with Crippen molar-refractivity contribution in [2.45, 2.75) is 31.8 Å². The minimum Gasteiger partial charge on any atom is -0.465 e. The smallest absolute Gasteiger partial charge is 0.337 e. The van der Waals surface area contributed by atoms with Crippen LogP contribution in [0.3, 0.4) is 0 Å². The summed E-state index contributed by atoms with van der Waals surface area (Å²) >= 11 is 0. The number of piperidine rings is 1. The number of esters is 1. The number of methoxy groups -OCH3 is 2. The lowest BCUT2D eigenvalue weighted by Crippen LogP contribution is -2.40. The zero-order chi connectivity index (χ0) is 15.9. The van der Waals surface area contributed by atoms with Crippen LogP contribution in [-0.4, -0.2) is 50.2 Å². The number of aryl methyl sites for hydroxylation is 1. The molecule has 0 radical (unpaired) electrons. The van der Waals surface area contributed by atoms with Crippen LogP contribution in [-0.2, 0) is 20.7 Å². The van der Waals surface area contributed by atoms with Crippen LogP contribution in [0, 0.1) is 0 Å². The molecule has 1 amide bonds. The number of hydrogen-bond acceptors (Lipinski definition) is 4. The Hall–Kier alpha value is -1.88. The molecule has 1 saturated heterocycles. The van der Waals surface area contributed by atoms with Crippen molar-refractivity contribution < 1.29 is 19.1 Å². The van der Waals surface area contributed by atoms with Crippen LogP contribution >= 0.6 is 0 Å². The van der Waals surface area contributed by atoms with E-state index >= 15 is 0 Å². The Bertz CT molecular complexity index is 504. The summed E-state index contributed by atoms with van der Waals surface area (Å²) in [6.45, 7) is 1.55. The van der Waals surface area contributed by atoms with Crippen LogP contribution in [0.15, 0.2) is 24.3 Å². The highest BCUT2D eigenvalue weighted by Gasteiger charge is 2.22. The van der Waals surface area contributed by atoms with E-state index in [0.29, 0.717) is 18.4 Å². The zero-order valence-corrected chi connectivity index (χ0v) is 13.2. The van der Waals surface area contributed by atoms with Crippen LogP contribution in [0.1, 0.15) is 35.2 Å². The van der Waals surface area contributed by atoms with Gasteiger partial charge in [0, 0.05) is 26.6 Å². The standard InChI is InChI=1S/C17H23NO4/c1-21-15-9-11-18(12-10-15)16(19)8-5-13-3-6-14(7-4-13)17(20)22-2/h3-4,6-7,15H,5,8-12H2,1-2H3. The lowest BCUT2D eigenvalue weighted by Gasteiger charge is -2.31. The van der Waals surface area contributed by atoms with E-state index in [1.165, 1.54) is 7.11 Å². The molecule has 1 aliphatic heterocycles. The van der Waals surface area contributed by atoms with Crippen LogP contribution in [0.2, 0.25) is 0 Å². The molecule has 5 heteroatoms. The Kier molecular flexibility index (Phi) is 5.95. The summed E-state index contributed by atoms with van der Waals surface area (Å²) in [6.07, 6.45) is 3.29. The molecule has 0 bridgehead atoms. The normalized spacial score (nSPS) is 15.6. The molecule has 0 N–H and O–H groups in total. The number of amides is 1. The number of nitrogens with zero attached hydrogens (tertiary/aromatic N) is 1. The maximum atomic E-state index is 12.2. The Morgan fingerprint density at radius 3 is 2.32 bits per heavy atom. The largest absolute Gasteiger partial charge is 0.465 e. The number of ether oxygens (including phenoxy) is 2. The number of hydrogen-bond donors (Lipinski definition) is 0. The van der Waals surface area contributed by atoms with Gasteiger partial charge in [-0.15, -0.1) is 0 Å². The first-order chi connectivity index (χ1) is 10.6. The Morgan fingerprint density at radius 1 is 1.14 bits per heavy atom. The summed E-state index contributed by atoms with van der Waals surface area (Å²) < 4.78 is 9.97. The first kappa shape index (κ1) is 16.5. The molecule has 1 aliphatic rings. The Balaban J connectivity index is 1.80. The highest BCUT2D eigenvalue weighted by Crippen LogP contribution is 2.15. The topological polar surface area (TPSA) is 55.8 Å². The first-order valence-corrected chi connectivity index (χ1v) is 7.62. The second-order valence-electron chi connectivity index (χ2n) is 5.50. The number of carbonyl (C=O) groups excluding carboxylic acids is 2. The third kappa shape index (κ3) is 4.31. The molecule has 0 atom stereocenters. The highest BCUT2D eigenvalue weighted by molar-refractivity contribution is 5.89. The van der Waals surface area contributed by atoms with Crippen LogP contribution in [0.25, 0.3) is 0 Å². The fraction of sp³-hybridized carbons (Fsp3) is 0.529. The van der Waals surface area contributed by atoms with Crippen molar-refractivity contribution in [1.82, 2.24) is 4.90 Å². The molecule has 5 nitrogen and oxygen atoms in total. The van der Waals surface area contributed by atoms with Gasteiger partial charge in [-0.3, -0.25) is 4.79 Å². The summed E-state index contributed by atoms with van der Waals surface area (Å²) in [5.74, 6) is -0.157. The third-order valence-corrected chi connectivity index (χ3v) is 4.13. The highest BCUT2D eigenvalue weighted by atomic mass is 16.5. The predicted octanol–water partition coefficient (Wildman–Crippen LogP) is 2.04. The van der Waals surface area contributed by atoms with Gasteiger partial charge < -0.3 is 14.4 Å². The summed E-state index contributed by atoms with van der Waals surface area (Å²) in [4.78, 5) is 25.5. The quantitative estimate of drug-likeness (QED) is 0.781. The summed E-state index contributed by atoms with van der Waals surface area (Å²) in [7, 11) is 3.09. The molecule has 0 saturated carbocycles. The lowest BCUT2D eigenvalue weighted by molar-refractivity contribution is -0.133. The molecule has 2 rings (SSSR count). The van der Waals surface area contributed by atoms with Gasteiger partial charge in [0.25, 0.3) is 0 Å². The van der Waals surface area contributed by atoms with Crippen molar-refractivity contribution in [3.63, 3.8) is 0 Å². The van der Waals surface area contributed by atoms with Crippen molar-refractivity contribution in [2.75, 3.05) is 27.3 Å². The van der Waals surface area contributed by atoms with Gasteiger partial charge in [-0.1, -0.05) is 12.1 Å². The average Bonchev–Trinajstić information content (AvgIpc) is 2.59. The molecule has 22 heavy (non-hydrogen) atoms. The van der Waals surface area contributed by atoms with E-state index in [0.717, 1.165) is 31.5 Å². The van der Waals surface area contributed by atoms with Crippen molar-refractivity contribution in [1.29, 1.82) is 0 Å². The van der Waals surface area contributed by atoms with E-state index in [4.69, 9.17) is 4.74 Å². The monoisotopic (exact) mass is 305 g/mol. The summed E-state index contributed by atoms with van der Waals surface area (Å²) in [6, 6.07) is 7.21. The summed E-state index contributed by atoms with van der Waals surface area (Å²) in [5, 5.41) is 0. The van der Waals surface area contributed by atoms with Crippen molar-refractivity contribution in [3.8, 4) is 0 Å². The molecule has 1 aromatic rings. The molecular formula is C17H23NO4. The molecule has 0 aromatic heterocycles. The van der Waals surface area contributed by atoms with E-state index < -0.39 is 0 Å². The van der Waals surface area contributed by atoms with Gasteiger partial charge >= 0.3 is 5.97 Å². The molecule has 120 valence electrons. The maximum absolute atomic E-state index is 12.2. The second-order valence-corrected chi connectivity index (χ2v) is 5.50. The van der Waals surface area contributed by atoms with Crippen LogP contribution in [0.4, 0.5) is 0 Å². The number of rotatable bonds is 5. The lowest BCUT2D eigenvalue weighted by atomic mass is 10.0. The van der Waals surface area contributed by atoms with Crippen LogP contribution in [0.5, 0.6) is 0 Å². The van der Waals surface area contributed by atoms with E-state index in [9.17, 15) is 9.59 Å². The number of likely N-dealkylation sites (tertiary alicyclic amines) is 1. The van der Waals surface area contributed by atoms with Crippen molar-refractivity contribution >= 4 is 11.9 Å². The number of benzene rings is 1. The van der Waals surface area contributed by atoms with Crippen molar-refractivity contribution in [3.05, 3.63) is 35.4 Å². The Labute approximate surface area is 131 Å². The van der Waals surface area contributed by atoms with E-state index in [-0.39, 0.29) is 18.0 Å². The average molecular weight is 305 g/mol. The van der Waals surface area contributed by atoms with E-state index in [1.807, 2.05) is 17.0 Å². The molecule has 1 fully saturated rings. The van der Waals surface area contributed by atoms with Gasteiger partial charge in [0.2, 0.25) is 5.91 Å². The fourth-order valence-electron chi connectivity index (χ4n) is 2.68. The Morgan fingerprint density at radius 2 is 1.77 bits per heavy atom. The van der Waals surface area contributed by atoms with Gasteiger partial charge in [-0.05, 0) is 37.0 Å². The van der Waals surface area contributed by atoms with Gasteiger partial charge in [0.05, 0.1) is 18.8 Å². The molecule has 1 heterocycles. The SMILES string of the molecule is COC(=O)c1ccc(CCC(=O)N2CCC(OC)CC2)cc1. The van der Waals surface area contributed by atoms with Gasteiger partial charge in [0.1, 0.15) is 0 Å². The molecule has 1 aromatic carbocycles. The van der Waals surface area contributed by atoms with E-state index in [1.54, 1.807) is 19.2 Å². The minimum atomic E-state index is -0.344. The summed E-state index contributed by atoms with van der Waals surface area (Å²) in [5.41, 5.74) is 1.58. The van der Waals surface area contributed by atoms with Gasteiger partial charge in [-0.25, -0.2) is 4.79 Å². The zero-order valence-electron chi connectivity index (χ0n) is 13.2. The van der Waals surface area contributed by atoms with Gasteiger partial charge in [-0.2, -0.15) is 0 Å². The van der Waals surface area contributed by atoms with Crippen molar-refractivity contribution in [2.24, 2.45) is 0 Å². The third-order valence-electron chi connectivity index (χ3n) is 4.13. The van der Waals surface area contributed by atoms with Crippen LogP contribution < -0.4 is 0 Å². The molecule has 0 spiro atoms. The number of carbonyl (C=O) groups is 2. The molecule has 0 unspecified atom stereocenters. The van der Waals surface area contributed by atoms with Gasteiger partial charge in [0.15, 0.2) is 0 Å². The first-order valence-electron chi connectivity index (χ1n) is 7.62. The molecular weight excluding hydrogens is 282 g/mol.